The predicted molar refractivity (Wildman–Crippen MR) is 87.4 cm³/mol. The molecule has 1 heterocycles. The van der Waals surface area contributed by atoms with E-state index in [0.29, 0.717) is 21.5 Å². The molecule has 110 valence electrons. The number of hydrogen-bond donors (Lipinski definition) is 2. The highest BCUT2D eigenvalue weighted by Crippen LogP contribution is 2.38. The van der Waals surface area contributed by atoms with Crippen molar-refractivity contribution < 1.29 is 4.74 Å². The van der Waals surface area contributed by atoms with Gasteiger partial charge in [0.1, 0.15) is 5.75 Å². The Hall–Kier alpha value is -1.42. The lowest BCUT2D eigenvalue weighted by atomic mass is 10.0. The molecule has 2 aromatic rings. The Morgan fingerprint density at radius 1 is 1.05 bits per heavy atom. The highest BCUT2D eigenvalue weighted by Gasteiger charge is 2.12. The van der Waals surface area contributed by atoms with Gasteiger partial charge in [0.15, 0.2) is 5.75 Å². The van der Waals surface area contributed by atoms with Crippen LogP contribution in [-0.4, -0.2) is 6.54 Å². The monoisotopic (exact) mass is 322 g/mol. The number of hydrogen-bond acceptors (Lipinski definition) is 3. The molecule has 2 aromatic carbocycles. The van der Waals surface area contributed by atoms with E-state index in [9.17, 15) is 0 Å². The van der Waals surface area contributed by atoms with E-state index in [1.807, 2.05) is 6.07 Å². The minimum Gasteiger partial charge on any atom is -0.454 e. The third-order valence-corrected chi connectivity index (χ3v) is 4.09. The van der Waals surface area contributed by atoms with Crippen molar-refractivity contribution in [2.45, 2.75) is 19.4 Å². The molecule has 1 aliphatic heterocycles. The summed E-state index contributed by atoms with van der Waals surface area (Å²) in [6.45, 7) is 1.94. The molecule has 21 heavy (non-hydrogen) atoms. The third kappa shape index (κ3) is 3.26. The van der Waals surface area contributed by atoms with Crippen molar-refractivity contribution in [2.75, 3.05) is 12.3 Å². The molecule has 3 rings (SSSR count). The Labute approximate surface area is 134 Å². The standard InChI is InChI=1S/C16H16Cl2N2O/c17-14-7-12(19)8-15(18)16(14)21-13-4-3-11-9-20-5-1-2-10(11)6-13/h3-4,6-8,20H,1-2,5,9,19H2. The zero-order chi connectivity index (χ0) is 14.8. The molecule has 0 fully saturated rings. The maximum atomic E-state index is 6.15. The lowest BCUT2D eigenvalue weighted by Crippen LogP contribution is -2.11. The van der Waals surface area contributed by atoms with Gasteiger partial charge in [-0.15, -0.1) is 0 Å². The first-order valence-corrected chi connectivity index (χ1v) is 7.64. The van der Waals surface area contributed by atoms with Crippen molar-refractivity contribution in [3.05, 3.63) is 51.5 Å². The number of fused-ring (bicyclic) bond motifs is 1. The summed E-state index contributed by atoms with van der Waals surface area (Å²) in [7, 11) is 0. The average molecular weight is 323 g/mol. The van der Waals surface area contributed by atoms with Crippen LogP contribution in [0.15, 0.2) is 30.3 Å². The summed E-state index contributed by atoms with van der Waals surface area (Å²) in [5.41, 5.74) is 8.84. The van der Waals surface area contributed by atoms with E-state index in [1.165, 1.54) is 11.1 Å². The van der Waals surface area contributed by atoms with E-state index >= 15 is 0 Å². The molecular formula is C16H16Cl2N2O. The molecule has 0 atom stereocenters. The zero-order valence-electron chi connectivity index (χ0n) is 11.5. The van der Waals surface area contributed by atoms with Crippen molar-refractivity contribution >= 4 is 28.9 Å². The third-order valence-electron chi connectivity index (χ3n) is 3.53. The van der Waals surface area contributed by atoms with Crippen LogP contribution in [-0.2, 0) is 13.0 Å². The van der Waals surface area contributed by atoms with Gasteiger partial charge in [0.25, 0.3) is 0 Å². The number of nitrogens with two attached hydrogens (primary N) is 1. The van der Waals surface area contributed by atoms with Gasteiger partial charge in [-0.2, -0.15) is 0 Å². The summed E-state index contributed by atoms with van der Waals surface area (Å²) in [5.74, 6) is 1.18. The lowest BCUT2D eigenvalue weighted by molar-refractivity contribution is 0.482. The average Bonchev–Trinajstić information content (AvgIpc) is 2.67. The Bertz CT molecular complexity index is 650. The zero-order valence-corrected chi connectivity index (χ0v) is 13.0. The Morgan fingerprint density at radius 3 is 2.57 bits per heavy atom. The summed E-state index contributed by atoms with van der Waals surface area (Å²) >= 11 is 12.3. The fourth-order valence-electron chi connectivity index (χ4n) is 2.49. The molecular weight excluding hydrogens is 307 g/mol. The predicted octanol–water partition coefficient (Wildman–Crippen LogP) is 4.40. The second kappa shape index (κ2) is 6.14. The molecule has 0 aliphatic carbocycles. The molecule has 3 N–H and O–H groups in total. The Balaban J connectivity index is 1.90. The minimum atomic E-state index is 0.414. The van der Waals surface area contributed by atoms with Crippen LogP contribution in [0.1, 0.15) is 17.5 Å². The largest absolute Gasteiger partial charge is 0.454 e. The summed E-state index contributed by atoms with van der Waals surface area (Å²) in [4.78, 5) is 0. The number of aryl methyl sites for hydroxylation is 1. The maximum Gasteiger partial charge on any atom is 0.164 e. The molecule has 0 saturated heterocycles. The van der Waals surface area contributed by atoms with Crippen molar-refractivity contribution in [3.63, 3.8) is 0 Å². The Morgan fingerprint density at radius 2 is 1.81 bits per heavy atom. The van der Waals surface area contributed by atoms with Gasteiger partial charge in [0.2, 0.25) is 0 Å². The molecule has 0 amide bonds. The quantitative estimate of drug-likeness (QED) is 0.805. The molecule has 0 spiro atoms. The lowest BCUT2D eigenvalue weighted by Gasteiger charge is -2.13. The van der Waals surface area contributed by atoms with Crippen LogP contribution in [0.2, 0.25) is 10.0 Å². The van der Waals surface area contributed by atoms with Crippen LogP contribution in [0.3, 0.4) is 0 Å². The van der Waals surface area contributed by atoms with E-state index in [2.05, 4.69) is 17.4 Å². The van der Waals surface area contributed by atoms with Crippen LogP contribution in [0, 0.1) is 0 Å². The first kappa shape index (κ1) is 14.5. The fraction of sp³-hybridized carbons (Fsp3) is 0.250. The first-order valence-electron chi connectivity index (χ1n) is 6.88. The van der Waals surface area contributed by atoms with Gasteiger partial charge in [-0.1, -0.05) is 29.3 Å². The highest BCUT2D eigenvalue weighted by molar-refractivity contribution is 6.37. The van der Waals surface area contributed by atoms with Crippen LogP contribution in [0.4, 0.5) is 5.69 Å². The Kier molecular flexibility index (Phi) is 4.24. The van der Waals surface area contributed by atoms with Crippen LogP contribution >= 0.6 is 23.2 Å². The number of ether oxygens (including phenoxy) is 1. The summed E-state index contributed by atoms with van der Waals surface area (Å²) in [6, 6.07) is 9.36. The number of benzene rings is 2. The highest BCUT2D eigenvalue weighted by atomic mass is 35.5. The summed E-state index contributed by atoms with van der Waals surface area (Å²) in [6.07, 6.45) is 2.17. The molecule has 0 unspecified atom stereocenters. The molecule has 0 bridgehead atoms. The molecule has 0 saturated carbocycles. The van der Waals surface area contributed by atoms with Gasteiger partial charge >= 0.3 is 0 Å². The minimum absolute atomic E-state index is 0.414. The van der Waals surface area contributed by atoms with E-state index in [1.54, 1.807) is 12.1 Å². The fourth-order valence-corrected chi connectivity index (χ4v) is 3.07. The normalized spacial score (nSPS) is 14.4. The van der Waals surface area contributed by atoms with Gasteiger partial charge < -0.3 is 15.8 Å². The van der Waals surface area contributed by atoms with Crippen LogP contribution in [0.5, 0.6) is 11.5 Å². The SMILES string of the molecule is Nc1cc(Cl)c(Oc2ccc3c(c2)CCCNC3)c(Cl)c1. The molecule has 1 aliphatic rings. The van der Waals surface area contributed by atoms with E-state index in [4.69, 9.17) is 33.7 Å². The molecule has 0 aromatic heterocycles. The topological polar surface area (TPSA) is 47.3 Å². The smallest absolute Gasteiger partial charge is 0.164 e. The molecule has 3 nitrogen and oxygen atoms in total. The maximum absolute atomic E-state index is 6.15. The number of nitrogen functional groups attached to an aromatic ring is 1. The number of halogens is 2. The van der Waals surface area contributed by atoms with Crippen LogP contribution < -0.4 is 15.8 Å². The van der Waals surface area contributed by atoms with Crippen molar-refractivity contribution in [3.8, 4) is 11.5 Å². The number of nitrogens with one attached hydrogen (secondary N) is 1. The van der Waals surface area contributed by atoms with Gasteiger partial charge in [0.05, 0.1) is 10.0 Å². The van der Waals surface area contributed by atoms with E-state index in [0.717, 1.165) is 31.7 Å². The summed E-state index contributed by atoms with van der Waals surface area (Å²) < 4.78 is 5.86. The van der Waals surface area contributed by atoms with Gasteiger partial charge in [0, 0.05) is 12.2 Å². The van der Waals surface area contributed by atoms with Crippen molar-refractivity contribution in [1.82, 2.24) is 5.32 Å². The second-order valence-corrected chi connectivity index (χ2v) is 5.94. The molecule has 0 radical (unpaired) electrons. The van der Waals surface area contributed by atoms with Crippen LogP contribution in [0.25, 0.3) is 0 Å². The molecule has 5 heteroatoms. The van der Waals surface area contributed by atoms with Gasteiger partial charge in [-0.3, -0.25) is 0 Å². The van der Waals surface area contributed by atoms with Crippen molar-refractivity contribution in [1.29, 1.82) is 0 Å². The number of rotatable bonds is 2. The van der Waals surface area contributed by atoms with Gasteiger partial charge in [-0.05, 0) is 54.8 Å². The van der Waals surface area contributed by atoms with Crippen molar-refractivity contribution in [2.24, 2.45) is 0 Å². The second-order valence-electron chi connectivity index (χ2n) is 5.13. The first-order chi connectivity index (χ1) is 10.1. The van der Waals surface area contributed by atoms with E-state index in [-0.39, 0.29) is 0 Å². The number of anilines is 1. The van der Waals surface area contributed by atoms with Gasteiger partial charge in [-0.25, -0.2) is 0 Å². The summed E-state index contributed by atoms with van der Waals surface area (Å²) in [5, 5.41) is 4.23. The van der Waals surface area contributed by atoms with E-state index < -0.39 is 0 Å².